The van der Waals surface area contributed by atoms with Gasteiger partial charge in [0.1, 0.15) is 0 Å². The van der Waals surface area contributed by atoms with E-state index >= 15 is 0 Å². The Morgan fingerprint density at radius 1 is 1.21 bits per heavy atom. The van der Waals surface area contributed by atoms with Crippen LogP contribution in [-0.4, -0.2) is 30.4 Å². The highest BCUT2D eigenvalue weighted by Gasteiger charge is 2.52. The van der Waals surface area contributed by atoms with E-state index in [0.717, 1.165) is 17.4 Å². The number of rotatable bonds is 3. The highest BCUT2D eigenvalue weighted by molar-refractivity contribution is 6.63. The van der Waals surface area contributed by atoms with Gasteiger partial charge in [-0.1, -0.05) is 13.0 Å². The molecule has 0 N–H and O–H groups in total. The number of pyridine rings is 1. The summed E-state index contributed by atoms with van der Waals surface area (Å²) in [6.45, 7) is 10.2. The second-order valence-electron chi connectivity index (χ2n) is 5.88. The lowest BCUT2D eigenvalue weighted by molar-refractivity contribution is 0.00578. The van der Waals surface area contributed by atoms with Gasteiger partial charge in [0.2, 0.25) is 5.88 Å². The van der Waals surface area contributed by atoms with Gasteiger partial charge < -0.3 is 14.0 Å². The average Bonchev–Trinajstić information content (AvgIpc) is 2.57. The molecule has 0 bridgehead atoms. The van der Waals surface area contributed by atoms with Crippen molar-refractivity contribution >= 4 is 12.6 Å². The van der Waals surface area contributed by atoms with Crippen LogP contribution in [0, 0.1) is 0 Å². The van der Waals surface area contributed by atoms with Crippen molar-refractivity contribution in [1.29, 1.82) is 0 Å². The number of aryl methyl sites for hydroxylation is 1. The molecule has 104 valence electrons. The Hall–Kier alpha value is -1.07. The van der Waals surface area contributed by atoms with Crippen molar-refractivity contribution in [3.63, 3.8) is 0 Å². The second kappa shape index (κ2) is 4.80. The van der Waals surface area contributed by atoms with Crippen LogP contribution in [0.25, 0.3) is 0 Å². The predicted molar refractivity (Wildman–Crippen MR) is 75.9 cm³/mol. The number of aromatic nitrogens is 1. The highest BCUT2D eigenvalue weighted by atomic mass is 16.7. The molecule has 1 aromatic rings. The summed E-state index contributed by atoms with van der Waals surface area (Å²) in [6.07, 6.45) is 2.75. The first-order chi connectivity index (χ1) is 8.80. The lowest BCUT2D eigenvalue weighted by atomic mass is 9.79. The van der Waals surface area contributed by atoms with E-state index in [9.17, 15) is 0 Å². The third-order valence-electron chi connectivity index (χ3n) is 4.04. The molecule has 5 heteroatoms. The standard InChI is InChI=1S/C14H22BNO3/c1-7-10-8-11(12(17-6)16-9-10)15-18-13(2,3)14(4,5)19-15/h8-9H,7H2,1-6H3. The summed E-state index contributed by atoms with van der Waals surface area (Å²) in [5.74, 6) is 0.565. The zero-order chi connectivity index (χ0) is 14.3. The minimum atomic E-state index is -0.432. The molecule has 0 aliphatic carbocycles. The molecule has 0 unspecified atom stereocenters. The van der Waals surface area contributed by atoms with E-state index < -0.39 is 7.12 Å². The number of nitrogens with zero attached hydrogens (tertiary/aromatic N) is 1. The monoisotopic (exact) mass is 263 g/mol. The van der Waals surface area contributed by atoms with Gasteiger partial charge in [-0.25, -0.2) is 4.98 Å². The van der Waals surface area contributed by atoms with Crippen molar-refractivity contribution in [2.75, 3.05) is 7.11 Å². The van der Waals surface area contributed by atoms with Crippen LogP contribution in [0.3, 0.4) is 0 Å². The maximum atomic E-state index is 6.05. The molecule has 0 saturated carbocycles. The van der Waals surface area contributed by atoms with Gasteiger partial charge >= 0.3 is 7.12 Å². The Labute approximate surface area is 115 Å². The molecule has 1 aliphatic heterocycles. The molecule has 1 aromatic heterocycles. The summed E-state index contributed by atoms with van der Waals surface area (Å²) in [5, 5.41) is 0. The summed E-state index contributed by atoms with van der Waals surface area (Å²) >= 11 is 0. The Balaban J connectivity index is 2.38. The van der Waals surface area contributed by atoms with Crippen molar-refractivity contribution < 1.29 is 14.0 Å². The molecule has 1 saturated heterocycles. The van der Waals surface area contributed by atoms with Gasteiger partial charge in [-0.05, 0) is 39.7 Å². The summed E-state index contributed by atoms with van der Waals surface area (Å²) in [6, 6.07) is 2.05. The fourth-order valence-electron chi connectivity index (χ4n) is 2.02. The summed E-state index contributed by atoms with van der Waals surface area (Å²) in [7, 11) is 1.18. The Kier molecular flexibility index (Phi) is 3.62. The van der Waals surface area contributed by atoms with E-state index in [4.69, 9.17) is 14.0 Å². The zero-order valence-corrected chi connectivity index (χ0v) is 12.6. The van der Waals surface area contributed by atoms with Gasteiger partial charge in [-0.3, -0.25) is 0 Å². The highest BCUT2D eigenvalue weighted by Crippen LogP contribution is 2.37. The van der Waals surface area contributed by atoms with Gasteiger partial charge in [-0.2, -0.15) is 0 Å². The summed E-state index contributed by atoms with van der Waals surface area (Å²) in [4.78, 5) is 4.33. The normalized spacial score (nSPS) is 20.6. The number of methoxy groups -OCH3 is 1. The van der Waals surface area contributed by atoms with Crippen LogP contribution >= 0.6 is 0 Å². The van der Waals surface area contributed by atoms with Crippen LogP contribution in [0.1, 0.15) is 40.2 Å². The zero-order valence-electron chi connectivity index (χ0n) is 12.6. The third-order valence-corrected chi connectivity index (χ3v) is 4.04. The Morgan fingerprint density at radius 2 is 1.79 bits per heavy atom. The van der Waals surface area contributed by atoms with E-state index in [1.54, 1.807) is 7.11 Å². The van der Waals surface area contributed by atoms with Crippen molar-refractivity contribution in [3.05, 3.63) is 17.8 Å². The van der Waals surface area contributed by atoms with Crippen molar-refractivity contribution in [1.82, 2.24) is 4.98 Å². The number of hydrogen-bond acceptors (Lipinski definition) is 4. The van der Waals surface area contributed by atoms with Crippen LogP contribution in [0.5, 0.6) is 5.88 Å². The fraction of sp³-hybridized carbons (Fsp3) is 0.643. The molecule has 0 spiro atoms. The molecule has 2 heterocycles. The number of ether oxygens (including phenoxy) is 1. The molecule has 4 nitrogen and oxygen atoms in total. The minimum Gasteiger partial charge on any atom is -0.481 e. The third kappa shape index (κ3) is 2.49. The first-order valence-electron chi connectivity index (χ1n) is 6.69. The van der Waals surface area contributed by atoms with Crippen LogP contribution in [0.4, 0.5) is 0 Å². The van der Waals surface area contributed by atoms with Crippen LogP contribution in [0.15, 0.2) is 12.3 Å². The van der Waals surface area contributed by atoms with Crippen LogP contribution in [-0.2, 0) is 15.7 Å². The Morgan fingerprint density at radius 3 is 2.26 bits per heavy atom. The fourth-order valence-corrected chi connectivity index (χ4v) is 2.02. The second-order valence-corrected chi connectivity index (χ2v) is 5.88. The molecular formula is C14H22BNO3. The topological polar surface area (TPSA) is 40.6 Å². The van der Waals surface area contributed by atoms with Gasteiger partial charge in [-0.15, -0.1) is 0 Å². The molecular weight excluding hydrogens is 241 g/mol. The van der Waals surface area contributed by atoms with Gasteiger partial charge in [0, 0.05) is 11.7 Å². The SMILES string of the molecule is CCc1cnc(OC)c(B2OC(C)(C)C(C)(C)O2)c1. The maximum Gasteiger partial charge on any atom is 0.500 e. The molecule has 1 aliphatic rings. The van der Waals surface area contributed by atoms with Crippen LogP contribution < -0.4 is 10.2 Å². The molecule has 1 fully saturated rings. The first-order valence-corrected chi connectivity index (χ1v) is 6.69. The number of hydrogen-bond donors (Lipinski definition) is 0. The first kappa shape index (κ1) is 14.3. The van der Waals surface area contributed by atoms with E-state index in [1.165, 1.54) is 0 Å². The smallest absolute Gasteiger partial charge is 0.481 e. The molecule has 19 heavy (non-hydrogen) atoms. The van der Waals surface area contributed by atoms with E-state index in [1.807, 2.05) is 40.0 Å². The quantitative estimate of drug-likeness (QED) is 0.781. The summed E-state index contributed by atoms with van der Waals surface area (Å²) in [5.41, 5.74) is 1.29. The van der Waals surface area contributed by atoms with Crippen molar-refractivity contribution in [2.24, 2.45) is 0 Å². The Bertz CT molecular complexity index is 458. The van der Waals surface area contributed by atoms with E-state index in [2.05, 4.69) is 11.9 Å². The maximum absolute atomic E-state index is 6.05. The van der Waals surface area contributed by atoms with Gasteiger partial charge in [0.05, 0.1) is 18.3 Å². The minimum absolute atomic E-state index is 0.356. The van der Waals surface area contributed by atoms with Crippen LogP contribution in [0.2, 0.25) is 0 Å². The largest absolute Gasteiger partial charge is 0.500 e. The lowest BCUT2D eigenvalue weighted by Gasteiger charge is -2.32. The summed E-state index contributed by atoms with van der Waals surface area (Å²) < 4.78 is 17.4. The van der Waals surface area contributed by atoms with Crippen molar-refractivity contribution in [2.45, 2.75) is 52.2 Å². The molecule has 0 atom stereocenters. The van der Waals surface area contributed by atoms with E-state index in [0.29, 0.717) is 5.88 Å². The predicted octanol–water partition coefficient (Wildman–Crippen LogP) is 1.95. The molecule has 2 rings (SSSR count). The van der Waals surface area contributed by atoms with Gasteiger partial charge in [0.25, 0.3) is 0 Å². The van der Waals surface area contributed by atoms with E-state index in [-0.39, 0.29) is 11.2 Å². The van der Waals surface area contributed by atoms with Crippen molar-refractivity contribution in [3.8, 4) is 5.88 Å². The lowest BCUT2D eigenvalue weighted by Crippen LogP contribution is -2.41. The molecule has 0 amide bonds. The van der Waals surface area contributed by atoms with Gasteiger partial charge in [0.15, 0.2) is 0 Å². The average molecular weight is 263 g/mol. The molecule has 0 aromatic carbocycles. The molecule has 0 radical (unpaired) electrons.